The second-order valence-electron chi connectivity index (χ2n) is 6.50. The van der Waals surface area contributed by atoms with Gasteiger partial charge in [-0.3, -0.25) is 4.79 Å². The van der Waals surface area contributed by atoms with Crippen LogP contribution in [-0.4, -0.2) is 30.4 Å². The topological polar surface area (TPSA) is 46.3 Å². The number of carbonyl (C=O) groups excluding carboxylic acids is 1. The molecular formula is C19H30N2O. The molecule has 1 amide bonds. The molecule has 1 aromatic rings. The number of nitrogens with zero attached hydrogens (tertiary/aromatic N) is 1. The van der Waals surface area contributed by atoms with E-state index < -0.39 is 0 Å². The summed E-state index contributed by atoms with van der Waals surface area (Å²) in [4.78, 5) is 14.9. The minimum Gasteiger partial charge on any atom is -0.341 e. The van der Waals surface area contributed by atoms with Crippen molar-refractivity contribution in [3.8, 4) is 0 Å². The van der Waals surface area contributed by atoms with Crippen LogP contribution in [0.5, 0.6) is 0 Å². The summed E-state index contributed by atoms with van der Waals surface area (Å²) < 4.78 is 0. The zero-order chi connectivity index (χ0) is 15.9. The molecule has 1 fully saturated rings. The van der Waals surface area contributed by atoms with Crippen molar-refractivity contribution in [2.75, 3.05) is 19.6 Å². The largest absolute Gasteiger partial charge is 0.341 e. The zero-order valence-corrected chi connectivity index (χ0v) is 14.0. The lowest BCUT2D eigenvalue weighted by Crippen LogP contribution is -2.35. The van der Waals surface area contributed by atoms with Crippen LogP contribution in [0.15, 0.2) is 30.3 Å². The molecule has 2 rings (SSSR count). The number of unbranched alkanes of at least 4 members (excludes halogenated alkanes) is 1. The molecule has 3 nitrogen and oxygen atoms in total. The van der Waals surface area contributed by atoms with Gasteiger partial charge in [0, 0.05) is 24.9 Å². The smallest absolute Gasteiger partial charge is 0.225 e. The van der Waals surface area contributed by atoms with Gasteiger partial charge in [0.25, 0.3) is 0 Å². The van der Waals surface area contributed by atoms with Gasteiger partial charge in [-0.25, -0.2) is 0 Å². The first-order chi connectivity index (χ1) is 10.7. The van der Waals surface area contributed by atoms with Crippen molar-refractivity contribution >= 4 is 5.91 Å². The van der Waals surface area contributed by atoms with Crippen molar-refractivity contribution in [2.45, 2.75) is 45.4 Å². The maximum Gasteiger partial charge on any atom is 0.225 e. The summed E-state index contributed by atoms with van der Waals surface area (Å²) in [5.41, 5.74) is 7.29. The lowest BCUT2D eigenvalue weighted by Gasteiger charge is -2.23. The quantitative estimate of drug-likeness (QED) is 0.839. The Hall–Kier alpha value is -1.35. The molecule has 3 atom stereocenters. The second kappa shape index (κ2) is 8.33. The van der Waals surface area contributed by atoms with Crippen LogP contribution in [0.4, 0.5) is 0 Å². The van der Waals surface area contributed by atoms with Crippen molar-refractivity contribution in [2.24, 2.45) is 17.6 Å². The number of rotatable bonds is 7. The number of nitrogens with two attached hydrogens (primary N) is 1. The molecular weight excluding hydrogens is 272 g/mol. The molecule has 0 radical (unpaired) electrons. The van der Waals surface area contributed by atoms with Crippen molar-refractivity contribution in [1.82, 2.24) is 4.90 Å². The third kappa shape index (κ3) is 3.89. The van der Waals surface area contributed by atoms with E-state index in [0.717, 1.165) is 38.8 Å². The Morgan fingerprint density at radius 2 is 2.00 bits per heavy atom. The minimum atomic E-state index is 0.188. The fraction of sp³-hybridized carbons (Fsp3) is 0.632. The number of benzene rings is 1. The van der Waals surface area contributed by atoms with Gasteiger partial charge in [-0.2, -0.15) is 0 Å². The van der Waals surface area contributed by atoms with E-state index in [9.17, 15) is 4.79 Å². The van der Waals surface area contributed by atoms with E-state index in [1.54, 1.807) is 0 Å². The van der Waals surface area contributed by atoms with E-state index >= 15 is 0 Å². The van der Waals surface area contributed by atoms with Crippen LogP contribution >= 0.6 is 0 Å². The molecule has 1 aliphatic rings. The highest BCUT2D eigenvalue weighted by Gasteiger charge is 2.36. The molecule has 2 N–H and O–H groups in total. The highest BCUT2D eigenvalue weighted by atomic mass is 16.2. The Bertz CT molecular complexity index is 460. The fourth-order valence-corrected chi connectivity index (χ4v) is 3.58. The Morgan fingerprint density at radius 1 is 1.27 bits per heavy atom. The monoisotopic (exact) mass is 302 g/mol. The first kappa shape index (κ1) is 17.0. The number of hydrogen-bond acceptors (Lipinski definition) is 2. The zero-order valence-electron chi connectivity index (χ0n) is 14.0. The molecule has 0 spiro atoms. The van der Waals surface area contributed by atoms with E-state index in [2.05, 4.69) is 43.0 Å². The van der Waals surface area contributed by atoms with E-state index in [1.165, 1.54) is 5.56 Å². The predicted octanol–water partition coefficient (Wildman–Crippen LogP) is 3.40. The highest BCUT2D eigenvalue weighted by Crippen LogP contribution is 2.33. The van der Waals surface area contributed by atoms with Gasteiger partial charge in [-0.1, -0.05) is 57.0 Å². The van der Waals surface area contributed by atoms with Gasteiger partial charge in [0.1, 0.15) is 0 Å². The predicted molar refractivity (Wildman–Crippen MR) is 91.6 cm³/mol. The van der Waals surface area contributed by atoms with Gasteiger partial charge < -0.3 is 10.6 Å². The molecule has 0 saturated carbocycles. The number of carbonyl (C=O) groups is 1. The molecule has 0 aromatic heterocycles. The van der Waals surface area contributed by atoms with E-state index in [-0.39, 0.29) is 5.92 Å². The molecule has 0 aliphatic carbocycles. The summed E-state index contributed by atoms with van der Waals surface area (Å²) in [5.74, 6) is 1.30. The maximum atomic E-state index is 12.8. The molecule has 3 heteroatoms. The SMILES string of the molecule is CCCCC(CC)C(=O)N1C[C@@H](CN)[C@H](c2ccccc2)C1. The van der Waals surface area contributed by atoms with E-state index in [1.807, 2.05) is 6.07 Å². The Balaban J connectivity index is 2.06. The number of amides is 1. The number of hydrogen-bond donors (Lipinski definition) is 1. The van der Waals surface area contributed by atoms with Gasteiger partial charge >= 0.3 is 0 Å². The van der Waals surface area contributed by atoms with E-state index in [0.29, 0.717) is 24.3 Å². The highest BCUT2D eigenvalue weighted by molar-refractivity contribution is 5.79. The second-order valence-corrected chi connectivity index (χ2v) is 6.50. The van der Waals surface area contributed by atoms with Crippen LogP contribution in [0.25, 0.3) is 0 Å². The van der Waals surface area contributed by atoms with Crippen LogP contribution in [-0.2, 0) is 4.79 Å². The van der Waals surface area contributed by atoms with Crippen molar-refractivity contribution in [3.05, 3.63) is 35.9 Å². The van der Waals surface area contributed by atoms with Gasteiger partial charge in [-0.15, -0.1) is 0 Å². The van der Waals surface area contributed by atoms with Gasteiger partial charge in [0.2, 0.25) is 5.91 Å². The molecule has 1 aliphatic heterocycles. The standard InChI is InChI=1S/C19H30N2O/c1-3-5-9-15(4-2)19(22)21-13-17(12-20)18(14-21)16-10-7-6-8-11-16/h6-8,10-11,15,17-18H,3-5,9,12-14,20H2,1-2H3/t15?,17-,18+/m1/s1. The molecule has 1 aromatic carbocycles. The molecule has 1 unspecified atom stereocenters. The first-order valence-electron chi connectivity index (χ1n) is 8.75. The summed E-state index contributed by atoms with van der Waals surface area (Å²) in [6.45, 7) is 6.60. The lowest BCUT2D eigenvalue weighted by atomic mass is 9.89. The lowest BCUT2D eigenvalue weighted by molar-refractivity contribution is -0.135. The van der Waals surface area contributed by atoms with Gasteiger partial charge in [0.15, 0.2) is 0 Å². The van der Waals surface area contributed by atoms with Crippen molar-refractivity contribution in [1.29, 1.82) is 0 Å². The van der Waals surface area contributed by atoms with Crippen LogP contribution in [0, 0.1) is 11.8 Å². The average Bonchev–Trinajstić information content (AvgIpc) is 3.00. The average molecular weight is 302 g/mol. The van der Waals surface area contributed by atoms with Crippen LogP contribution in [0.3, 0.4) is 0 Å². The third-order valence-electron chi connectivity index (χ3n) is 5.03. The molecule has 22 heavy (non-hydrogen) atoms. The van der Waals surface area contributed by atoms with Gasteiger partial charge in [0.05, 0.1) is 0 Å². The molecule has 122 valence electrons. The normalized spacial score (nSPS) is 22.8. The van der Waals surface area contributed by atoms with Crippen molar-refractivity contribution < 1.29 is 4.79 Å². The van der Waals surface area contributed by atoms with Crippen molar-refractivity contribution in [3.63, 3.8) is 0 Å². The third-order valence-corrected chi connectivity index (χ3v) is 5.03. The van der Waals surface area contributed by atoms with Gasteiger partial charge in [-0.05, 0) is 30.9 Å². The minimum absolute atomic E-state index is 0.188. The van der Waals surface area contributed by atoms with Crippen LogP contribution in [0.2, 0.25) is 0 Å². The van der Waals surface area contributed by atoms with Crippen LogP contribution < -0.4 is 5.73 Å². The first-order valence-corrected chi connectivity index (χ1v) is 8.75. The summed E-state index contributed by atoms with van der Waals surface area (Å²) in [7, 11) is 0. The summed E-state index contributed by atoms with van der Waals surface area (Å²) in [6.07, 6.45) is 4.26. The summed E-state index contributed by atoms with van der Waals surface area (Å²) in [5, 5.41) is 0. The molecule has 1 saturated heterocycles. The van der Waals surface area contributed by atoms with E-state index in [4.69, 9.17) is 5.73 Å². The number of likely N-dealkylation sites (tertiary alicyclic amines) is 1. The maximum absolute atomic E-state index is 12.8. The molecule has 1 heterocycles. The summed E-state index contributed by atoms with van der Waals surface area (Å²) >= 11 is 0. The molecule has 0 bridgehead atoms. The van der Waals surface area contributed by atoms with Crippen LogP contribution in [0.1, 0.15) is 51.0 Å². The Kier molecular flexibility index (Phi) is 6.44. The Labute approximate surface area is 134 Å². The Morgan fingerprint density at radius 3 is 2.59 bits per heavy atom. The summed E-state index contributed by atoms with van der Waals surface area (Å²) in [6, 6.07) is 10.5. The fourth-order valence-electron chi connectivity index (χ4n) is 3.58.